The van der Waals surface area contributed by atoms with E-state index in [1.54, 1.807) is 0 Å². The Balaban J connectivity index is 1.54. The maximum atomic E-state index is 12.4. The first-order valence-electron chi connectivity index (χ1n) is 7.29. The standard InChI is InChI=1S/C14H22N4O2/c1-10-13(11(2)20-16-10)7-14(19)18-5-3-17(4-6-18)12-8-15-9-12/h12,15H,3-9H2,1-2H3. The summed E-state index contributed by atoms with van der Waals surface area (Å²) in [6.45, 7) is 9.57. The number of nitrogens with zero attached hydrogens (tertiary/aromatic N) is 3. The lowest BCUT2D eigenvalue weighted by Gasteiger charge is -2.43. The van der Waals surface area contributed by atoms with Gasteiger partial charge in [0.15, 0.2) is 0 Å². The number of hydrogen-bond donors (Lipinski definition) is 1. The van der Waals surface area contributed by atoms with E-state index >= 15 is 0 Å². The van der Waals surface area contributed by atoms with Gasteiger partial charge in [-0.2, -0.15) is 0 Å². The van der Waals surface area contributed by atoms with E-state index in [9.17, 15) is 4.79 Å². The van der Waals surface area contributed by atoms with E-state index in [0.717, 1.165) is 56.3 Å². The zero-order valence-electron chi connectivity index (χ0n) is 12.2. The summed E-state index contributed by atoms with van der Waals surface area (Å²) in [5.74, 6) is 0.945. The molecule has 3 heterocycles. The topological polar surface area (TPSA) is 61.6 Å². The monoisotopic (exact) mass is 278 g/mol. The summed E-state index contributed by atoms with van der Waals surface area (Å²) in [6, 6.07) is 0.676. The number of carbonyl (C=O) groups is 1. The smallest absolute Gasteiger partial charge is 0.227 e. The lowest BCUT2D eigenvalue weighted by molar-refractivity contribution is -0.132. The van der Waals surface area contributed by atoms with E-state index in [1.165, 1.54) is 0 Å². The first-order valence-corrected chi connectivity index (χ1v) is 7.29. The molecule has 6 heteroatoms. The number of amides is 1. The Morgan fingerprint density at radius 2 is 2.00 bits per heavy atom. The highest BCUT2D eigenvalue weighted by Crippen LogP contribution is 2.15. The van der Waals surface area contributed by atoms with Crippen molar-refractivity contribution in [3.8, 4) is 0 Å². The van der Waals surface area contributed by atoms with Crippen molar-refractivity contribution >= 4 is 5.91 Å². The molecule has 0 bridgehead atoms. The number of carbonyl (C=O) groups excluding carboxylic acids is 1. The molecule has 20 heavy (non-hydrogen) atoms. The molecule has 110 valence electrons. The van der Waals surface area contributed by atoms with Crippen LogP contribution in [0.3, 0.4) is 0 Å². The Bertz CT molecular complexity index is 468. The van der Waals surface area contributed by atoms with Crippen molar-refractivity contribution in [2.45, 2.75) is 26.3 Å². The van der Waals surface area contributed by atoms with Gasteiger partial charge in [-0.15, -0.1) is 0 Å². The molecule has 1 N–H and O–H groups in total. The van der Waals surface area contributed by atoms with Crippen LogP contribution in [0.5, 0.6) is 0 Å². The predicted molar refractivity (Wildman–Crippen MR) is 74.5 cm³/mol. The van der Waals surface area contributed by atoms with E-state index < -0.39 is 0 Å². The maximum absolute atomic E-state index is 12.4. The number of rotatable bonds is 3. The van der Waals surface area contributed by atoms with Crippen LogP contribution in [0.1, 0.15) is 17.0 Å². The molecule has 0 radical (unpaired) electrons. The van der Waals surface area contributed by atoms with Gasteiger partial charge in [0.1, 0.15) is 5.76 Å². The summed E-state index contributed by atoms with van der Waals surface area (Å²) >= 11 is 0. The zero-order valence-corrected chi connectivity index (χ0v) is 12.2. The third kappa shape index (κ3) is 2.58. The van der Waals surface area contributed by atoms with Gasteiger partial charge in [0.2, 0.25) is 5.91 Å². The van der Waals surface area contributed by atoms with Crippen LogP contribution >= 0.6 is 0 Å². The van der Waals surface area contributed by atoms with Gasteiger partial charge in [-0.3, -0.25) is 9.69 Å². The van der Waals surface area contributed by atoms with Crippen LogP contribution < -0.4 is 5.32 Å². The highest BCUT2D eigenvalue weighted by Gasteiger charge is 2.29. The Hall–Kier alpha value is -1.40. The molecule has 0 unspecified atom stereocenters. The average molecular weight is 278 g/mol. The van der Waals surface area contributed by atoms with Crippen LogP contribution in [0.25, 0.3) is 0 Å². The third-order valence-corrected chi connectivity index (χ3v) is 4.45. The number of hydrogen-bond acceptors (Lipinski definition) is 5. The predicted octanol–water partition coefficient (Wildman–Crippen LogP) is -0.0501. The van der Waals surface area contributed by atoms with Gasteiger partial charge in [0, 0.05) is 50.9 Å². The largest absolute Gasteiger partial charge is 0.361 e. The second-order valence-electron chi connectivity index (χ2n) is 5.71. The third-order valence-electron chi connectivity index (χ3n) is 4.45. The molecule has 0 aromatic carbocycles. The van der Waals surface area contributed by atoms with E-state index in [0.29, 0.717) is 12.5 Å². The minimum absolute atomic E-state index is 0.186. The van der Waals surface area contributed by atoms with E-state index in [1.807, 2.05) is 18.7 Å². The van der Waals surface area contributed by atoms with Gasteiger partial charge in [-0.05, 0) is 13.8 Å². The van der Waals surface area contributed by atoms with Crippen LogP contribution in [0.15, 0.2) is 4.52 Å². The fourth-order valence-corrected chi connectivity index (χ4v) is 2.89. The van der Waals surface area contributed by atoms with Gasteiger partial charge >= 0.3 is 0 Å². The first-order chi connectivity index (χ1) is 9.65. The Labute approximate surface area is 119 Å². The second-order valence-corrected chi connectivity index (χ2v) is 5.71. The van der Waals surface area contributed by atoms with Gasteiger partial charge in [0.05, 0.1) is 12.1 Å². The summed E-state index contributed by atoms with van der Waals surface area (Å²) in [6.07, 6.45) is 0.409. The summed E-state index contributed by atoms with van der Waals surface area (Å²) in [5.41, 5.74) is 1.77. The average Bonchev–Trinajstić information content (AvgIpc) is 2.69. The van der Waals surface area contributed by atoms with Crippen LogP contribution in [0.2, 0.25) is 0 Å². The molecule has 0 spiro atoms. The number of aromatic nitrogens is 1. The molecule has 1 aromatic heterocycles. The lowest BCUT2D eigenvalue weighted by Crippen LogP contribution is -2.62. The van der Waals surface area contributed by atoms with Crippen molar-refractivity contribution in [3.05, 3.63) is 17.0 Å². The van der Waals surface area contributed by atoms with E-state index in [2.05, 4.69) is 15.4 Å². The van der Waals surface area contributed by atoms with Crippen LogP contribution in [-0.4, -0.2) is 66.2 Å². The highest BCUT2D eigenvalue weighted by molar-refractivity contribution is 5.79. The Morgan fingerprint density at radius 1 is 1.30 bits per heavy atom. The van der Waals surface area contributed by atoms with Crippen molar-refractivity contribution in [1.82, 2.24) is 20.3 Å². The van der Waals surface area contributed by atoms with Gasteiger partial charge < -0.3 is 14.7 Å². The summed E-state index contributed by atoms with van der Waals surface area (Å²) in [7, 11) is 0. The molecular formula is C14H22N4O2. The van der Waals surface area contributed by atoms with E-state index in [4.69, 9.17) is 4.52 Å². The van der Waals surface area contributed by atoms with Crippen LogP contribution in [0.4, 0.5) is 0 Å². The Kier molecular flexibility index (Phi) is 3.76. The molecule has 2 saturated heterocycles. The lowest BCUT2D eigenvalue weighted by atomic mass is 10.1. The normalized spacial score (nSPS) is 21.0. The zero-order chi connectivity index (χ0) is 14.1. The number of aryl methyl sites for hydroxylation is 2. The maximum Gasteiger partial charge on any atom is 0.227 e. The quantitative estimate of drug-likeness (QED) is 0.840. The summed E-state index contributed by atoms with van der Waals surface area (Å²) < 4.78 is 5.12. The van der Waals surface area contributed by atoms with Gasteiger partial charge in [0.25, 0.3) is 0 Å². The molecular weight excluding hydrogens is 256 g/mol. The summed E-state index contributed by atoms with van der Waals surface area (Å²) in [4.78, 5) is 16.8. The Morgan fingerprint density at radius 3 is 2.50 bits per heavy atom. The SMILES string of the molecule is Cc1noc(C)c1CC(=O)N1CCN(C2CNC2)CC1. The molecule has 2 aliphatic heterocycles. The molecule has 0 atom stereocenters. The van der Waals surface area contributed by atoms with Crippen LogP contribution in [-0.2, 0) is 11.2 Å². The number of piperazine rings is 1. The summed E-state index contributed by atoms with van der Waals surface area (Å²) in [5, 5.41) is 7.20. The van der Waals surface area contributed by atoms with Crippen molar-refractivity contribution in [2.75, 3.05) is 39.3 Å². The molecule has 6 nitrogen and oxygen atoms in total. The highest BCUT2D eigenvalue weighted by atomic mass is 16.5. The second kappa shape index (κ2) is 5.54. The molecule has 3 rings (SSSR count). The first kappa shape index (κ1) is 13.6. The van der Waals surface area contributed by atoms with Crippen LogP contribution in [0, 0.1) is 13.8 Å². The van der Waals surface area contributed by atoms with Crippen molar-refractivity contribution < 1.29 is 9.32 Å². The fourth-order valence-electron chi connectivity index (χ4n) is 2.89. The molecule has 0 saturated carbocycles. The molecule has 2 fully saturated rings. The van der Waals surface area contributed by atoms with Crippen molar-refractivity contribution in [2.24, 2.45) is 0 Å². The minimum atomic E-state index is 0.186. The molecule has 1 aromatic rings. The minimum Gasteiger partial charge on any atom is -0.361 e. The molecule has 0 aliphatic carbocycles. The van der Waals surface area contributed by atoms with Crippen molar-refractivity contribution in [3.63, 3.8) is 0 Å². The van der Waals surface area contributed by atoms with E-state index in [-0.39, 0.29) is 5.91 Å². The molecule has 1 amide bonds. The fraction of sp³-hybridized carbons (Fsp3) is 0.714. The number of nitrogens with one attached hydrogen (secondary N) is 1. The van der Waals surface area contributed by atoms with Gasteiger partial charge in [-0.25, -0.2) is 0 Å². The van der Waals surface area contributed by atoms with Crippen molar-refractivity contribution in [1.29, 1.82) is 0 Å². The van der Waals surface area contributed by atoms with Gasteiger partial charge in [-0.1, -0.05) is 5.16 Å². The molecule has 2 aliphatic rings.